The Labute approximate surface area is 85.4 Å². The minimum atomic E-state index is 0.291. The van der Waals surface area contributed by atoms with Crippen LogP contribution in [0.2, 0.25) is 0 Å². The summed E-state index contributed by atoms with van der Waals surface area (Å²) in [4.78, 5) is 0. The minimum absolute atomic E-state index is 0.291. The zero-order valence-corrected chi connectivity index (χ0v) is 9.12. The molecule has 80 valence electrons. The maximum atomic E-state index is 5.24. The number of ether oxygens (including phenoxy) is 1. The van der Waals surface area contributed by atoms with Crippen molar-refractivity contribution in [2.75, 3.05) is 14.2 Å². The van der Waals surface area contributed by atoms with Crippen molar-refractivity contribution in [2.24, 2.45) is 0 Å². The number of furan rings is 1. The van der Waals surface area contributed by atoms with E-state index in [2.05, 4.69) is 12.2 Å². The Kier molecular flexibility index (Phi) is 4.70. The number of nitrogens with one attached hydrogen (secondary N) is 1. The molecule has 1 aromatic rings. The molecular weight excluding hydrogens is 178 g/mol. The maximum absolute atomic E-state index is 5.24. The molecule has 0 saturated heterocycles. The van der Waals surface area contributed by atoms with E-state index in [-0.39, 0.29) is 0 Å². The van der Waals surface area contributed by atoms with E-state index < -0.39 is 0 Å². The SMILES string of the molecule is CNC(Cc1ccoc1)CC(C)OC. The molecule has 14 heavy (non-hydrogen) atoms. The highest BCUT2D eigenvalue weighted by Gasteiger charge is 2.11. The van der Waals surface area contributed by atoms with Gasteiger partial charge in [-0.25, -0.2) is 0 Å². The second-order valence-corrected chi connectivity index (χ2v) is 3.60. The Morgan fingerprint density at radius 1 is 1.57 bits per heavy atom. The van der Waals surface area contributed by atoms with Crippen molar-refractivity contribution < 1.29 is 9.15 Å². The Hall–Kier alpha value is -0.800. The fourth-order valence-corrected chi connectivity index (χ4v) is 1.49. The van der Waals surface area contributed by atoms with Gasteiger partial charge in [0.1, 0.15) is 0 Å². The number of rotatable bonds is 6. The van der Waals surface area contributed by atoms with Crippen LogP contribution in [-0.4, -0.2) is 26.3 Å². The van der Waals surface area contributed by atoms with Crippen molar-refractivity contribution in [3.63, 3.8) is 0 Å². The van der Waals surface area contributed by atoms with Gasteiger partial charge in [0.15, 0.2) is 0 Å². The van der Waals surface area contributed by atoms with Crippen LogP contribution in [0.15, 0.2) is 23.0 Å². The second kappa shape index (κ2) is 5.83. The van der Waals surface area contributed by atoms with Gasteiger partial charge in [0.25, 0.3) is 0 Å². The van der Waals surface area contributed by atoms with E-state index in [9.17, 15) is 0 Å². The third-order valence-electron chi connectivity index (χ3n) is 2.49. The van der Waals surface area contributed by atoms with Gasteiger partial charge in [0.05, 0.1) is 18.6 Å². The molecule has 0 saturated carbocycles. The zero-order chi connectivity index (χ0) is 10.4. The zero-order valence-electron chi connectivity index (χ0n) is 9.12. The minimum Gasteiger partial charge on any atom is -0.472 e. The van der Waals surface area contributed by atoms with Gasteiger partial charge in [-0.3, -0.25) is 0 Å². The highest BCUT2D eigenvalue weighted by molar-refractivity contribution is 5.07. The summed E-state index contributed by atoms with van der Waals surface area (Å²) >= 11 is 0. The van der Waals surface area contributed by atoms with Crippen LogP contribution < -0.4 is 5.32 Å². The smallest absolute Gasteiger partial charge is 0.0935 e. The Balaban J connectivity index is 2.39. The van der Waals surface area contributed by atoms with Crippen molar-refractivity contribution in [1.29, 1.82) is 0 Å². The van der Waals surface area contributed by atoms with Gasteiger partial charge in [0.2, 0.25) is 0 Å². The van der Waals surface area contributed by atoms with Crippen LogP contribution in [-0.2, 0) is 11.2 Å². The molecule has 2 atom stereocenters. The average Bonchev–Trinajstić information content (AvgIpc) is 2.69. The molecule has 0 aliphatic carbocycles. The van der Waals surface area contributed by atoms with Crippen LogP contribution in [0.3, 0.4) is 0 Å². The Morgan fingerprint density at radius 2 is 2.36 bits per heavy atom. The fraction of sp³-hybridized carbons (Fsp3) is 0.636. The molecule has 1 N–H and O–H groups in total. The van der Waals surface area contributed by atoms with Gasteiger partial charge in [-0.2, -0.15) is 0 Å². The quantitative estimate of drug-likeness (QED) is 0.755. The van der Waals surface area contributed by atoms with Gasteiger partial charge in [-0.15, -0.1) is 0 Å². The van der Waals surface area contributed by atoms with Crippen LogP contribution in [0.5, 0.6) is 0 Å². The van der Waals surface area contributed by atoms with Crippen LogP contribution in [0.25, 0.3) is 0 Å². The summed E-state index contributed by atoms with van der Waals surface area (Å²) in [5.74, 6) is 0. The summed E-state index contributed by atoms with van der Waals surface area (Å²) in [6, 6.07) is 2.45. The van der Waals surface area contributed by atoms with Crippen LogP contribution >= 0.6 is 0 Å². The average molecular weight is 197 g/mol. The Morgan fingerprint density at radius 3 is 2.86 bits per heavy atom. The summed E-state index contributed by atoms with van der Waals surface area (Å²) in [5, 5.41) is 3.28. The molecule has 0 amide bonds. The fourth-order valence-electron chi connectivity index (χ4n) is 1.49. The highest BCUT2D eigenvalue weighted by atomic mass is 16.5. The number of hydrogen-bond acceptors (Lipinski definition) is 3. The maximum Gasteiger partial charge on any atom is 0.0935 e. The van der Waals surface area contributed by atoms with E-state index in [1.54, 1.807) is 19.6 Å². The van der Waals surface area contributed by atoms with E-state index in [0.717, 1.165) is 12.8 Å². The molecule has 0 radical (unpaired) electrons. The van der Waals surface area contributed by atoms with Crippen molar-refractivity contribution in [3.8, 4) is 0 Å². The van der Waals surface area contributed by atoms with E-state index >= 15 is 0 Å². The van der Waals surface area contributed by atoms with Crippen molar-refractivity contribution >= 4 is 0 Å². The summed E-state index contributed by atoms with van der Waals surface area (Å²) < 4.78 is 10.3. The molecule has 0 bridgehead atoms. The van der Waals surface area contributed by atoms with E-state index in [1.165, 1.54) is 5.56 Å². The first-order valence-electron chi connectivity index (χ1n) is 4.97. The number of likely N-dealkylation sites (N-methyl/N-ethyl adjacent to an activating group) is 1. The predicted molar refractivity (Wildman–Crippen MR) is 56.3 cm³/mol. The normalized spacial score (nSPS) is 15.4. The predicted octanol–water partition coefficient (Wildman–Crippen LogP) is 1.84. The topological polar surface area (TPSA) is 34.4 Å². The summed E-state index contributed by atoms with van der Waals surface area (Å²) in [7, 11) is 3.72. The standard InChI is InChI=1S/C11H19NO2/c1-9(13-3)6-11(12-2)7-10-4-5-14-8-10/h4-5,8-9,11-12H,6-7H2,1-3H3. The number of hydrogen-bond donors (Lipinski definition) is 1. The molecule has 1 rings (SSSR count). The lowest BCUT2D eigenvalue weighted by molar-refractivity contribution is 0.101. The lowest BCUT2D eigenvalue weighted by Crippen LogP contribution is -2.31. The van der Waals surface area contributed by atoms with E-state index in [0.29, 0.717) is 12.1 Å². The van der Waals surface area contributed by atoms with Crippen molar-refractivity contribution in [3.05, 3.63) is 24.2 Å². The molecule has 3 nitrogen and oxygen atoms in total. The first kappa shape index (κ1) is 11.3. The van der Waals surface area contributed by atoms with Crippen LogP contribution in [0.4, 0.5) is 0 Å². The molecule has 0 aliphatic heterocycles. The molecule has 1 heterocycles. The third kappa shape index (κ3) is 3.52. The van der Waals surface area contributed by atoms with Gasteiger partial charge in [0, 0.05) is 13.2 Å². The van der Waals surface area contributed by atoms with E-state index in [4.69, 9.17) is 9.15 Å². The highest BCUT2D eigenvalue weighted by Crippen LogP contribution is 2.09. The molecule has 0 aromatic carbocycles. The first-order chi connectivity index (χ1) is 6.76. The van der Waals surface area contributed by atoms with E-state index in [1.807, 2.05) is 13.1 Å². The van der Waals surface area contributed by atoms with Crippen LogP contribution in [0, 0.1) is 0 Å². The molecule has 0 aliphatic rings. The van der Waals surface area contributed by atoms with Gasteiger partial charge >= 0.3 is 0 Å². The molecule has 0 spiro atoms. The Bertz CT molecular complexity index is 233. The molecule has 1 aromatic heterocycles. The summed E-state index contributed by atoms with van der Waals surface area (Å²) in [6.45, 7) is 2.08. The van der Waals surface area contributed by atoms with Crippen LogP contribution in [0.1, 0.15) is 18.9 Å². The first-order valence-corrected chi connectivity index (χ1v) is 4.97. The largest absolute Gasteiger partial charge is 0.472 e. The lowest BCUT2D eigenvalue weighted by Gasteiger charge is -2.18. The summed E-state index contributed by atoms with van der Waals surface area (Å²) in [6.07, 6.45) is 5.79. The number of methoxy groups -OCH3 is 1. The molecule has 3 heteroatoms. The lowest BCUT2D eigenvalue weighted by atomic mass is 10.0. The van der Waals surface area contributed by atoms with Crippen molar-refractivity contribution in [2.45, 2.75) is 31.9 Å². The molecule has 2 unspecified atom stereocenters. The molecular formula is C11H19NO2. The van der Waals surface area contributed by atoms with Gasteiger partial charge < -0.3 is 14.5 Å². The van der Waals surface area contributed by atoms with Gasteiger partial charge in [-0.05, 0) is 38.4 Å². The third-order valence-corrected chi connectivity index (χ3v) is 2.49. The van der Waals surface area contributed by atoms with Crippen molar-refractivity contribution in [1.82, 2.24) is 5.32 Å². The molecule has 0 fully saturated rings. The van der Waals surface area contributed by atoms with Gasteiger partial charge in [-0.1, -0.05) is 0 Å². The monoisotopic (exact) mass is 197 g/mol. The second-order valence-electron chi connectivity index (χ2n) is 3.60. The summed E-state index contributed by atoms with van der Waals surface area (Å²) in [5.41, 5.74) is 1.23.